The topological polar surface area (TPSA) is 104 Å². The molecule has 1 aliphatic heterocycles. The largest absolute Gasteiger partial charge is 0.480 e. The molecular weight excluding hydrogens is 687 g/mol. The molecule has 0 bridgehead atoms. The number of halogens is 3. The fourth-order valence-electron chi connectivity index (χ4n) is 5.31. The fourth-order valence-corrected chi connectivity index (χ4v) is 7.83. The van der Waals surface area contributed by atoms with E-state index >= 15 is 0 Å². The number of carboxylic acids is 1. The Morgan fingerprint density at radius 1 is 0.886 bits per heavy atom. The van der Waals surface area contributed by atoms with Gasteiger partial charge >= 0.3 is 5.97 Å². The molecule has 11 heteroatoms. The van der Waals surface area contributed by atoms with Crippen LogP contribution < -0.4 is 5.32 Å². The third-order valence-corrected chi connectivity index (χ3v) is 10.2. The zero-order valence-corrected chi connectivity index (χ0v) is 27.0. The minimum absolute atomic E-state index is 0.0110. The Hall–Kier alpha value is -3.47. The molecule has 0 saturated heterocycles. The van der Waals surface area contributed by atoms with Gasteiger partial charge in [0.1, 0.15) is 6.04 Å². The molecule has 0 unspecified atom stereocenters. The summed E-state index contributed by atoms with van der Waals surface area (Å²) in [7, 11) is -4.28. The van der Waals surface area contributed by atoms with Gasteiger partial charge in [0.05, 0.1) is 17.0 Å². The molecule has 0 radical (unpaired) electrons. The van der Waals surface area contributed by atoms with Gasteiger partial charge in [-0.2, -0.15) is 4.31 Å². The minimum atomic E-state index is -4.28. The molecule has 1 amide bonds. The van der Waals surface area contributed by atoms with Crippen LogP contribution in [0.3, 0.4) is 0 Å². The number of rotatable bonds is 9. The Morgan fingerprint density at radius 3 is 2.23 bits per heavy atom. The van der Waals surface area contributed by atoms with E-state index in [1.54, 1.807) is 54.6 Å². The Kier molecular flexibility index (Phi) is 9.92. The number of carbonyl (C=O) groups excluding carboxylic acids is 1. The number of sulfonamides is 1. The van der Waals surface area contributed by atoms with Gasteiger partial charge in [-0.15, -0.1) is 0 Å². The average molecular weight is 714 g/mol. The summed E-state index contributed by atoms with van der Waals surface area (Å²) in [4.78, 5) is 26.2. The Morgan fingerprint density at radius 2 is 1.57 bits per heavy atom. The lowest BCUT2D eigenvalue weighted by Gasteiger charge is -2.41. The van der Waals surface area contributed by atoms with Crippen molar-refractivity contribution in [3.8, 4) is 0 Å². The van der Waals surface area contributed by atoms with Crippen LogP contribution in [0.15, 0.2) is 124 Å². The van der Waals surface area contributed by atoms with Crippen LogP contribution in [0.2, 0.25) is 10.0 Å². The molecule has 0 saturated carbocycles. The van der Waals surface area contributed by atoms with E-state index in [0.29, 0.717) is 21.2 Å². The number of nitrogens with one attached hydrogen (secondary N) is 1. The average Bonchev–Trinajstić information content (AvgIpc) is 3.00. The van der Waals surface area contributed by atoms with Gasteiger partial charge in [-0.05, 0) is 71.6 Å². The summed E-state index contributed by atoms with van der Waals surface area (Å²) >= 11 is 16.0. The van der Waals surface area contributed by atoms with Crippen LogP contribution in [0.5, 0.6) is 0 Å². The Balaban J connectivity index is 1.65. The molecule has 7 nitrogen and oxygen atoms in total. The van der Waals surface area contributed by atoms with Gasteiger partial charge in [0.2, 0.25) is 15.9 Å². The minimum Gasteiger partial charge on any atom is -0.480 e. The summed E-state index contributed by atoms with van der Waals surface area (Å²) in [5.41, 5.74) is 1.97. The van der Waals surface area contributed by atoms with E-state index in [2.05, 4.69) is 21.2 Å². The first-order valence-corrected chi connectivity index (χ1v) is 16.6. The summed E-state index contributed by atoms with van der Waals surface area (Å²) in [6, 6.07) is 25.6. The lowest BCUT2D eigenvalue weighted by Crippen LogP contribution is -2.48. The second kappa shape index (κ2) is 13.7. The first kappa shape index (κ1) is 31.9. The monoisotopic (exact) mass is 712 g/mol. The predicted octanol–water partition coefficient (Wildman–Crippen LogP) is 7.37. The molecule has 0 fully saturated rings. The Bertz CT molecular complexity index is 1820. The van der Waals surface area contributed by atoms with Gasteiger partial charge in [0.15, 0.2) is 0 Å². The lowest BCUT2D eigenvalue weighted by molar-refractivity contribution is -0.141. The van der Waals surface area contributed by atoms with Crippen LogP contribution in [-0.2, 0) is 26.0 Å². The van der Waals surface area contributed by atoms with E-state index in [0.717, 1.165) is 10.0 Å². The predicted molar refractivity (Wildman–Crippen MR) is 174 cm³/mol. The van der Waals surface area contributed by atoms with Crippen molar-refractivity contribution in [2.45, 2.75) is 35.9 Å². The molecule has 0 spiro atoms. The van der Waals surface area contributed by atoms with Gasteiger partial charge in [-0.3, -0.25) is 4.79 Å². The van der Waals surface area contributed by atoms with Crippen molar-refractivity contribution in [2.75, 3.05) is 0 Å². The van der Waals surface area contributed by atoms with Crippen molar-refractivity contribution in [3.63, 3.8) is 0 Å². The standard InChI is InChI=1S/C33H27BrCl2N2O5S/c34-24-10-4-8-22(19-24)30-17-16-28(32(39)37-29(33(40)41)18-21-6-2-1-3-7-21)31(23-9-5-11-26(36)20-23)38(30)44(42,43)27-14-12-25(35)13-15-27/h1-16,19-20,29-31H,17-18H2,(H,37,39)(H,40,41)/t29-,30-,31-/m0/s1. The second-order valence-corrected chi connectivity index (χ2v) is 13.9. The molecule has 226 valence electrons. The van der Waals surface area contributed by atoms with Gasteiger partial charge in [0, 0.05) is 26.5 Å². The lowest BCUT2D eigenvalue weighted by atomic mass is 9.88. The third kappa shape index (κ3) is 7.08. The van der Waals surface area contributed by atoms with E-state index in [-0.39, 0.29) is 23.3 Å². The number of hydrogen-bond acceptors (Lipinski definition) is 4. The molecule has 0 aliphatic carbocycles. The molecule has 4 aromatic carbocycles. The number of hydrogen-bond donors (Lipinski definition) is 2. The number of carbonyl (C=O) groups is 2. The van der Waals surface area contributed by atoms with Crippen LogP contribution in [0.4, 0.5) is 0 Å². The molecule has 44 heavy (non-hydrogen) atoms. The van der Waals surface area contributed by atoms with E-state index in [1.807, 2.05) is 30.3 Å². The van der Waals surface area contributed by atoms with Crippen molar-refractivity contribution < 1.29 is 23.1 Å². The highest BCUT2D eigenvalue weighted by Crippen LogP contribution is 2.46. The second-order valence-electron chi connectivity index (χ2n) is 10.3. The summed E-state index contributed by atoms with van der Waals surface area (Å²) in [6.45, 7) is 0. The highest BCUT2D eigenvalue weighted by atomic mass is 79.9. The van der Waals surface area contributed by atoms with Crippen LogP contribution in [-0.4, -0.2) is 35.7 Å². The smallest absolute Gasteiger partial charge is 0.326 e. The summed E-state index contributed by atoms with van der Waals surface area (Å²) < 4.78 is 31.2. The van der Waals surface area contributed by atoms with E-state index < -0.39 is 40.0 Å². The zero-order valence-electron chi connectivity index (χ0n) is 23.1. The third-order valence-electron chi connectivity index (χ3n) is 7.35. The summed E-state index contributed by atoms with van der Waals surface area (Å²) in [6.07, 6.45) is 1.88. The molecule has 0 aromatic heterocycles. The number of amides is 1. The van der Waals surface area contributed by atoms with Crippen molar-refractivity contribution in [2.24, 2.45) is 0 Å². The SMILES string of the molecule is O=C(N[C@@H](Cc1ccccc1)C(=O)O)C1=CC[C@@H](c2cccc(Br)c2)N(S(=O)(=O)c2ccc(Cl)cc2)[C@H]1c1cccc(Cl)c1. The van der Waals surface area contributed by atoms with E-state index in [9.17, 15) is 23.1 Å². The highest BCUT2D eigenvalue weighted by molar-refractivity contribution is 9.10. The zero-order chi connectivity index (χ0) is 31.4. The van der Waals surface area contributed by atoms with Crippen LogP contribution >= 0.6 is 39.1 Å². The molecule has 3 atom stereocenters. The van der Waals surface area contributed by atoms with Crippen molar-refractivity contribution >= 4 is 61.0 Å². The van der Waals surface area contributed by atoms with Crippen molar-refractivity contribution in [3.05, 3.63) is 146 Å². The molecule has 1 heterocycles. The number of aliphatic carboxylic acids is 1. The van der Waals surface area contributed by atoms with Crippen molar-refractivity contribution in [1.29, 1.82) is 0 Å². The molecule has 2 N–H and O–H groups in total. The molecule has 1 aliphatic rings. The molecule has 4 aromatic rings. The van der Waals surface area contributed by atoms with Gasteiger partial charge in [-0.25, -0.2) is 13.2 Å². The normalized spacial score (nSPS) is 17.8. The van der Waals surface area contributed by atoms with E-state index in [4.69, 9.17) is 23.2 Å². The van der Waals surface area contributed by atoms with Crippen LogP contribution in [0.1, 0.15) is 35.2 Å². The van der Waals surface area contributed by atoms with Crippen LogP contribution in [0, 0.1) is 0 Å². The number of benzene rings is 4. The van der Waals surface area contributed by atoms with Crippen LogP contribution in [0.25, 0.3) is 0 Å². The quantitative estimate of drug-likeness (QED) is 0.189. The number of nitrogens with zero attached hydrogens (tertiary/aromatic N) is 1. The Labute approximate surface area is 274 Å². The molecular formula is C33H27BrCl2N2O5S. The highest BCUT2D eigenvalue weighted by Gasteiger charge is 2.45. The van der Waals surface area contributed by atoms with Gasteiger partial charge in [0.25, 0.3) is 0 Å². The maximum absolute atomic E-state index is 14.6. The van der Waals surface area contributed by atoms with Gasteiger partial charge < -0.3 is 10.4 Å². The molecule has 5 rings (SSSR count). The van der Waals surface area contributed by atoms with Crippen molar-refractivity contribution in [1.82, 2.24) is 9.62 Å². The van der Waals surface area contributed by atoms with Gasteiger partial charge in [-0.1, -0.05) is 99.8 Å². The number of carboxylic acid groups (broad SMARTS) is 1. The first-order valence-electron chi connectivity index (χ1n) is 13.6. The maximum atomic E-state index is 14.6. The fraction of sp³-hybridized carbons (Fsp3) is 0.152. The maximum Gasteiger partial charge on any atom is 0.326 e. The summed E-state index contributed by atoms with van der Waals surface area (Å²) in [5, 5.41) is 13.4. The van der Waals surface area contributed by atoms with E-state index in [1.165, 1.54) is 28.6 Å². The summed E-state index contributed by atoms with van der Waals surface area (Å²) in [5.74, 6) is -1.90. The first-order chi connectivity index (χ1) is 21.0.